The van der Waals surface area contributed by atoms with Crippen molar-refractivity contribution in [3.63, 3.8) is 0 Å². The minimum Gasteiger partial charge on any atom is -0.467 e. The number of ether oxygens (including phenoxy) is 2. The second kappa shape index (κ2) is 3.32. The number of benzene rings is 1. The van der Waals surface area contributed by atoms with E-state index in [1.54, 1.807) is 0 Å². The van der Waals surface area contributed by atoms with E-state index >= 15 is 0 Å². The molecule has 0 bridgehead atoms. The van der Waals surface area contributed by atoms with Gasteiger partial charge >= 0.3 is 5.97 Å². The summed E-state index contributed by atoms with van der Waals surface area (Å²) in [6, 6.07) is 8.36. The standard InChI is InChI=1S/C13H14O3/c1-15-12(14)11-13(16-11)7-6-9-4-2-3-5-10(9)8-13/h2-5,11H,6-8H2,1H3. The van der Waals surface area contributed by atoms with E-state index in [0.29, 0.717) is 0 Å². The first-order chi connectivity index (χ1) is 7.75. The van der Waals surface area contributed by atoms with E-state index in [-0.39, 0.29) is 17.7 Å². The Kier molecular flexibility index (Phi) is 2.04. The fourth-order valence-electron chi connectivity index (χ4n) is 2.63. The number of epoxide rings is 1. The van der Waals surface area contributed by atoms with Gasteiger partial charge in [0.25, 0.3) is 0 Å². The molecule has 1 aliphatic carbocycles. The third-order valence-corrected chi connectivity index (χ3v) is 3.61. The van der Waals surface area contributed by atoms with Gasteiger partial charge in [0.05, 0.1) is 7.11 Å². The SMILES string of the molecule is COC(=O)C1OC12CCc1ccccc1C2. The molecule has 1 aromatic rings. The number of hydrogen-bond donors (Lipinski definition) is 0. The summed E-state index contributed by atoms with van der Waals surface area (Å²) in [5.41, 5.74) is 2.42. The van der Waals surface area contributed by atoms with Crippen molar-refractivity contribution in [3.8, 4) is 0 Å². The number of carbonyl (C=O) groups excluding carboxylic acids is 1. The van der Waals surface area contributed by atoms with Crippen molar-refractivity contribution in [3.05, 3.63) is 35.4 Å². The molecule has 84 valence electrons. The second-order valence-corrected chi connectivity index (χ2v) is 4.53. The van der Waals surface area contributed by atoms with E-state index in [0.717, 1.165) is 19.3 Å². The molecule has 0 saturated carbocycles. The molecule has 0 amide bonds. The van der Waals surface area contributed by atoms with E-state index < -0.39 is 0 Å². The molecule has 1 fully saturated rings. The molecule has 2 atom stereocenters. The number of aryl methyl sites for hydroxylation is 1. The van der Waals surface area contributed by atoms with Crippen LogP contribution in [0.25, 0.3) is 0 Å². The zero-order valence-corrected chi connectivity index (χ0v) is 9.23. The minimum atomic E-state index is -0.342. The summed E-state index contributed by atoms with van der Waals surface area (Å²) in [5, 5.41) is 0. The Hall–Kier alpha value is -1.35. The van der Waals surface area contributed by atoms with Crippen LogP contribution in [0.2, 0.25) is 0 Å². The van der Waals surface area contributed by atoms with Crippen LogP contribution in [0.4, 0.5) is 0 Å². The Morgan fingerprint density at radius 3 is 2.94 bits per heavy atom. The first-order valence-electron chi connectivity index (χ1n) is 5.58. The third-order valence-electron chi connectivity index (χ3n) is 3.61. The molecule has 3 heteroatoms. The van der Waals surface area contributed by atoms with Gasteiger partial charge in [-0.3, -0.25) is 0 Å². The summed E-state index contributed by atoms with van der Waals surface area (Å²) in [5.74, 6) is -0.237. The third kappa shape index (κ3) is 1.35. The molecular weight excluding hydrogens is 204 g/mol. The molecule has 1 aliphatic heterocycles. The largest absolute Gasteiger partial charge is 0.467 e. The molecule has 3 nitrogen and oxygen atoms in total. The number of rotatable bonds is 1. The lowest BCUT2D eigenvalue weighted by atomic mass is 9.82. The van der Waals surface area contributed by atoms with E-state index in [1.165, 1.54) is 18.2 Å². The zero-order valence-electron chi connectivity index (χ0n) is 9.23. The predicted octanol–water partition coefficient (Wildman–Crippen LogP) is 1.49. The average molecular weight is 218 g/mol. The molecule has 2 aliphatic rings. The highest BCUT2D eigenvalue weighted by molar-refractivity contribution is 5.79. The van der Waals surface area contributed by atoms with Crippen molar-refractivity contribution >= 4 is 5.97 Å². The number of carbonyl (C=O) groups is 1. The molecule has 1 spiro atoms. The summed E-state index contributed by atoms with van der Waals surface area (Å²) in [4.78, 5) is 11.4. The summed E-state index contributed by atoms with van der Waals surface area (Å²) in [7, 11) is 1.41. The molecule has 1 aromatic carbocycles. The smallest absolute Gasteiger partial charge is 0.338 e. The van der Waals surface area contributed by atoms with E-state index in [4.69, 9.17) is 9.47 Å². The van der Waals surface area contributed by atoms with Crippen molar-refractivity contribution in [1.29, 1.82) is 0 Å². The van der Waals surface area contributed by atoms with Gasteiger partial charge in [-0.1, -0.05) is 24.3 Å². The van der Waals surface area contributed by atoms with Crippen LogP contribution in [-0.4, -0.2) is 24.8 Å². The van der Waals surface area contributed by atoms with Crippen molar-refractivity contribution < 1.29 is 14.3 Å². The van der Waals surface area contributed by atoms with Crippen LogP contribution >= 0.6 is 0 Å². The van der Waals surface area contributed by atoms with Crippen LogP contribution in [0.3, 0.4) is 0 Å². The lowest BCUT2D eigenvalue weighted by Gasteiger charge is -2.21. The summed E-state index contributed by atoms with van der Waals surface area (Å²) in [6.07, 6.45) is 2.40. The molecule has 16 heavy (non-hydrogen) atoms. The fourth-order valence-corrected chi connectivity index (χ4v) is 2.63. The van der Waals surface area contributed by atoms with Crippen LogP contribution in [0.5, 0.6) is 0 Å². The van der Waals surface area contributed by atoms with Crippen LogP contribution in [-0.2, 0) is 27.1 Å². The van der Waals surface area contributed by atoms with E-state index in [2.05, 4.69) is 18.2 Å². The molecule has 3 rings (SSSR count). The Morgan fingerprint density at radius 1 is 1.44 bits per heavy atom. The first kappa shape index (κ1) is 9.85. The van der Waals surface area contributed by atoms with E-state index in [9.17, 15) is 4.79 Å². The Bertz CT molecular complexity index is 441. The highest BCUT2D eigenvalue weighted by Crippen LogP contribution is 2.47. The van der Waals surface area contributed by atoms with Gasteiger partial charge in [0.1, 0.15) is 5.60 Å². The molecule has 2 unspecified atom stereocenters. The van der Waals surface area contributed by atoms with Gasteiger partial charge in [-0.05, 0) is 24.0 Å². The highest BCUT2D eigenvalue weighted by Gasteiger charge is 2.61. The summed E-state index contributed by atoms with van der Waals surface area (Å²) >= 11 is 0. The maximum absolute atomic E-state index is 11.4. The van der Waals surface area contributed by atoms with Crippen molar-refractivity contribution in [2.45, 2.75) is 31.0 Å². The Morgan fingerprint density at radius 2 is 2.19 bits per heavy atom. The second-order valence-electron chi connectivity index (χ2n) is 4.53. The lowest BCUT2D eigenvalue weighted by molar-refractivity contribution is -0.142. The lowest BCUT2D eigenvalue weighted by Crippen LogP contribution is -2.28. The molecule has 1 saturated heterocycles. The number of fused-ring (bicyclic) bond motifs is 1. The first-order valence-corrected chi connectivity index (χ1v) is 5.58. The predicted molar refractivity (Wildman–Crippen MR) is 58.1 cm³/mol. The van der Waals surface area contributed by atoms with E-state index in [1.807, 2.05) is 6.07 Å². The van der Waals surface area contributed by atoms with Crippen LogP contribution < -0.4 is 0 Å². The molecule has 1 heterocycles. The van der Waals surface area contributed by atoms with Crippen LogP contribution in [0, 0.1) is 0 Å². The highest BCUT2D eigenvalue weighted by atomic mass is 16.7. The maximum atomic E-state index is 11.4. The van der Waals surface area contributed by atoms with Gasteiger partial charge in [-0.15, -0.1) is 0 Å². The number of esters is 1. The van der Waals surface area contributed by atoms with Gasteiger partial charge in [0.2, 0.25) is 0 Å². The fraction of sp³-hybridized carbons (Fsp3) is 0.462. The Labute approximate surface area is 94.4 Å². The molecule has 0 radical (unpaired) electrons. The van der Waals surface area contributed by atoms with Crippen molar-refractivity contribution in [2.24, 2.45) is 0 Å². The quantitative estimate of drug-likeness (QED) is 0.529. The summed E-state index contributed by atoms with van der Waals surface area (Å²) in [6.45, 7) is 0. The topological polar surface area (TPSA) is 38.8 Å². The number of hydrogen-bond acceptors (Lipinski definition) is 3. The summed E-state index contributed by atoms with van der Waals surface area (Å²) < 4.78 is 10.3. The number of methoxy groups -OCH3 is 1. The maximum Gasteiger partial charge on any atom is 0.338 e. The Balaban J connectivity index is 1.82. The monoisotopic (exact) mass is 218 g/mol. The van der Waals surface area contributed by atoms with Crippen LogP contribution in [0.1, 0.15) is 17.5 Å². The average Bonchev–Trinajstić information content (AvgIpc) is 3.02. The molecular formula is C13H14O3. The van der Waals surface area contributed by atoms with Gasteiger partial charge in [0.15, 0.2) is 6.10 Å². The van der Waals surface area contributed by atoms with Crippen LogP contribution in [0.15, 0.2) is 24.3 Å². The minimum absolute atomic E-state index is 0.237. The van der Waals surface area contributed by atoms with Gasteiger partial charge in [-0.25, -0.2) is 4.79 Å². The van der Waals surface area contributed by atoms with Crippen molar-refractivity contribution in [1.82, 2.24) is 0 Å². The zero-order chi connectivity index (χ0) is 11.2. The van der Waals surface area contributed by atoms with Gasteiger partial charge < -0.3 is 9.47 Å². The molecule has 0 aromatic heterocycles. The normalized spacial score (nSPS) is 30.9. The molecule has 0 N–H and O–H groups in total. The van der Waals surface area contributed by atoms with Gasteiger partial charge in [-0.2, -0.15) is 0 Å². The van der Waals surface area contributed by atoms with Gasteiger partial charge in [0, 0.05) is 6.42 Å². The van der Waals surface area contributed by atoms with Crippen molar-refractivity contribution in [2.75, 3.05) is 7.11 Å².